The third-order valence-corrected chi connectivity index (χ3v) is 7.50. The van der Waals surface area contributed by atoms with E-state index < -0.39 is 12.2 Å². The monoisotopic (exact) mass is 527 g/mol. The lowest BCUT2D eigenvalue weighted by molar-refractivity contribution is -0.0356. The first kappa shape index (κ1) is 25.2. The van der Waals surface area contributed by atoms with Gasteiger partial charge in [0.15, 0.2) is 15.1 Å². The third-order valence-electron chi connectivity index (χ3n) is 6.90. The van der Waals surface area contributed by atoms with Crippen molar-refractivity contribution in [2.45, 2.75) is 38.4 Å². The van der Waals surface area contributed by atoms with E-state index in [1.807, 2.05) is 36.4 Å². The van der Waals surface area contributed by atoms with Crippen LogP contribution < -0.4 is 10.4 Å². The minimum absolute atomic E-state index is 0.0921. The Morgan fingerprint density at radius 2 is 2.03 bits per heavy atom. The molecule has 37 heavy (non-hydrogen) atoms. The summed E-state index contributed by atoms with van der Waals surface area (Å²) < 4.78 is 5.37. The number of carbonyl (C=O) groups excluding carboxylic acids is 2. The number of oxime groups is 1. The molecular formula is C24H30N7O5P. The van der Waals surface area contributed by atoms with E-state index in [2.05, 4.69) is 28.6 Å². The van der Waals surface area contributed by atoms with E-state index in [1.165, 1.54) is 5.06 Å². The molecule has 3 heterocycles. The summed E-state index contributed by atoms with van der Waals surface area (Å²) in [6, 6.07) is 8.82. The minimum atomic E-state index is -1.13. The van der Waals surface area contributed by atoms with E-state index in [0.29, 0.717) is 31.6 Å². The first-order valence-corrected chi connectivity index (χ1v) is 13.1. The number of benzene rings is 1. The van der Waals surface area contributed by atoms with Gasteiger partial charge < -0.3 is 15.4 Å². The van der Waals surface area contributed by atoms with Crippen LogP contribution in [0.3, 0.4) is 0 Å². The number of hydroxylamine groups is 4. The van der Waals surface area contributed by atoms with Crippen LogP contribution in [0.2, 0.25) is 0 Å². The summed E-state index contributed by atoms with van der Waals surface area (Å²) in [5, 5.41) is 31.6. The number of amides is 4. The Labute approximate surface area is 216 Å². The van der Waals surface area contributed by atoms with Crippen LogP contribution in [0.25, 0.3) is 0 Å². The number of amidine groups is 1. The molecule has 4 amide bonds. The van der Waals surface area contributed by atoms with Crippen LogP contribution in [0.15, 0.2) is 63.8 Å². The summed E-state index contributed by atoms with van der Waals surface area (Å²) in [5.41, 5.74) is 3.34. The molecule has 196 valence electrons. The lowest BCUT2D eigenvalue weighted by atomic mass is 9.86. The zero-order valence-electron chi connectivity index (χ0n) is 20.4. The fourth-order valence-electron chi connectivity index (χ4n) is 4.99. The van der Waals surface area contributed by atoms with E-state index in [4.69, 9.17) is 9.62 Å². The molecule has 13 heteroatoms. The van der Waals surface area contributed by atoms with Crippen molar-refractivity contribution in [1.82, 2.24) is 25.4 Å². The van der Waals surface area contributed by atoms with Crippen molar-refractivity contribution in [1.29, 1.82) is 0 Å². The Hall–Kier alpha value is -3.47. The van der Waals surface area contributed by atoms with E-state index in [1.54, 1.807) is 4.90 Å². The second-order valence-electron chi connectivity index (χ2n) is 9.44. The second kappa shape index (κ2) is 10.9. The molecule has 3 atom stereocenters. The quantitative estimate of drug-likeness (QED) is 0.271. The van der Waals surface area contributed by atoms with Gasteiger partial charge in [-0.05, 0) is 30.8 Å². The maximum atomic E-state index is 13.3. The van der Waals surface area contributed by atoms with Crippen molar-refractivity contribution >= 4 is 32.6 Å². The molecule has 0 spiro atoms. The highest BCUT2D eigenvalue weighted by Gasteiger charge is 2.36. The van der Waals surface area contributed by atoms with Gasteiger partial charge in [0.25, 0.3) is 0 Å². The van der Waals surface area contributed by atoms with Crippen LogP contribution in [-0.4, -0.2) is 80.9 Å². The van der Waals surface area contributed by atoms with E-state index in [0.717, 1.165) is 28.2 Å². The Balaban J connectivity index is 1.40. The van der Waals surface area contributed by atoms with Crippen LogP contribution in [0.4, 0.5) is 9.59 Å². The molecule has 1 aromatic rings. The molecule has 2 saturated heterocycles. The van der Waals surface area contributed by atoms with Crippen molar-refractivity contribution < 1.29 is 24.6 Å². The molecule has 0 aromatic heterocycles. The first-order chi connectivity index (χ1) is 17.9. The van der Waals surface area contributed by atoms with Gasteiger partial charge in [-0.25, -0.2) is 19.3 Å². The zero-order chi connectivity index (χ0) is 25.9. The van der Waals surface area contributed by atoms with Gasteiger partial charge in [0, 0.05) is 24.2 Å². The Bertz CT molecular complexity index is 1160. The lowest BCUT2D eigenvalue weighted by Gasteiger charge is -2.36. The highest BCUT2D eigenvalue weighted by molar-refractivity contribution is 7.31. The molecule has 0 bridgehead atoms. The van der Waals surface area contributed by atoms with Gasteiger partial charge in [0.1, 0.15) is 0 Å². The average Bonchev–Trinajstić information content (AvgIpc) is 3.33. The molecule has 0 radical (unpaired) electrons. The van der Waals surface area contributed by atoms with Gasteiger partial charge >= 0.3 is 12.1 Å². The topological polar surface area (TPSA) is 142 Å². The molecular weight excluding hydrogens is 497 g/mol. The van der Waals surface area contributed by atoms with E-state index in [9.17, 15) is 20.0 Å². The summed E-state index contributed by atoms with van der Waals surface area (Å²) in [7, 11) is -0.0921. The van der Waals surface area contributed by atoms with Crippen LogP contribution in [-0.2, 0) is 4.62 Å². The van der Waals surface area contributed by atoms with Crippen molar-refractivity contribution in [3.05, 3.63) is 59.2 Å². The molecule has 5 rings (SSSR count). The standard InChI is InChI=1S/C24H30N7O5P/c1-15-7-8-19-17(13-15)14-30(35)22(27-34)21(25-20(19)16-5-3-2-4-6-16)26-23(32)29-11-9-18(10-12-29)31-24(33)28-37-36-31/h2-8,15,18,21,34-35,37H,9-14H2,1H3,(H,26,32)(H,28,33)/b25-20-,27-22-. The van der Waals surface area contributed by atoms with Crippen LogP contribution in [0, 0.1) is 5.92 Å². The summed E-state index contributed by atoms with van der Waals surface area (Å²) in [6.07, 6.45) is 4.81. The number of hydrogen-bond acceptors (Lipinski definition) is 7. The number of rotatable bonds is 3. The van der Waals surface area contributed by atoms with Crippen LogP contribution in [0.1, 0.15) is 31.7 Å². The molecule has 2 fully saturated rings. The largest absolute Gasteiger partial charge is 0.409 e. The van der Waals surface area contributed by atoms with Crippen molar-refractivity contribution in [2.75, 3.05) is 19.6 Å². The lowest BCUT2D eigenvalue weighted by Crippen LogP contribution is -2.55. The van der Waals surface area contributed by atoms with Crippen molar-refractivity contribution in [3.8, 4) is 0 Å². The number of aliphatic imine (C=N–C) groups is 1. The number of nitrogens with one attached hydrogen (secondary N) is 2. The Morgan fingerprint density at radius 1 is 1.27 bits per heavy atom. The molecule has 3 unspecified atom stereocenters. The number of nitrogens with zero attached hydrogens (tertiary/aromatic N) is 5. The normalized spacial score (nSPS) is 28.1. The summed E-state index contributed by atoms with van der Waals surface area (Å²) in [5.74, 6) is 0.114. The van der Waals surface area contributed by atoms with Gasteiger partial charge in [-0.15, -0.1) is 0 Å². The smallest absolute Gasteiger partial charge is 0.346 e. The van der Waals surface area contributed by atoms with Crippen molar-refractivity contribution in [3.63, 3.8) is 0 Å². The molecule has 1 aliphatic carbocycles. The molecule has 4 aliphatic rings. The molecule has 0 saturated carbocycles. The van der Waals surface area contributed by atoms with Crippen LogP contribution in [0.5, 0.6) is 0 Å². The van der Waals surface area contributed by atoms with Crippen molar-refractivity contribution in [2.24, 2.45) is 16.1 Å². The van der Waals surface area contributed by atoms with Gasteiger partial charge in [-0.1, -0.05) is 54.6 Å². The number of carbonyl (C=O) groups is 2. The molecule has 1 aromatic carbocycles. The fourth-order valence-corrected chi connectivity index (χ4v) is 5.57. The highest BCUT2D eigenvalue weighted by atomic mass is 31.1. The summed E-state index contributed by atoms with van der Waals surface area (Å²) in [6.45, 7) is 3.01. The van der Waals surface area contributed by atoms with E-state index in [-0.39, 0.29) is 39.3 Å². The first-order valence-electron chi connectivity index (χ1n) is 12.2. The predicted molar refractivity (Wildman–Crippen MR) is 137 cm³/mol. The number of likely N-dealkylation sites (tertiary alicyclic amines) is 1. The SMILES string of the molecule is CC1C=CC2=C(C1)CN(O)/C(=N\O)C(NC(=O)N1CCC(N3OPNC3=O)CC1)/N=C\2c1ccccc1. The maximum absolute atomic E-state index is 13.3. The van der Waals surface area contributed by atoms with Gasteiger partial charge in [0.2, 0.25) is 5.84 Å². The molecule has 12 nitrogen and oxygen atoms in total. The fraction of sp³-hybridized carbons (Fsp3) is 0.417. The van der Waals surface area contributed by atoms with Gasteiger partial charge in [-0.3, -0.25) is 15.3 Å². The average molecular weight is 528 g/mol. The highest BCUT2D eigenvalue weighted by Crippen LogP contribution is 2.30. The van der Waals surface area contributed by atoms with Gasteiger partial charge in [0.05, 0.1) is 18.3 Å². The van der Waals surface area contributed by atoms with Gasteiger partial charge in [-0.2, -0.15) is 5.06 Å². The predicted octanol–water partition coefficient (Wildman–Crippen LogP) is 2.83. The molecule has 4 N–H and O–H groups in total. The van der Waals surface area contributed by atoms with E-state index >= 15 is 0 Å². The summed E-state index contributed by atoms with van der Waals surface area (Å²) in [4.78, 5) is 31.6. The third kappa shape index (κ3) is 5.31. The summed E-state index contributed by atoms with van der Waals surface area (Å²) >= 11 is 0. The maximum Gasteiger partial charge on any atom is 0.346 e. The second-order valence-corrected chi connectivity index (χ2v) is 10.1. The number of hydrogen-bond donors (Lipinski definition) is 4. The molecule has 3 aliphatic heterocycles. The number of piperidine rings is 1. The Morgan fingerprint density at radius 3 is 2.70 bits per heavy atom. The minimum Gasteiger partial charge on any atom is -0.409 e. The number of urea groups is 2. The zero-order valence-corrected chi connectivity index (χ0v) is 21.4. The Kier molecular flexibility index (Phi) is 7.40. The number of allylic oxidation sites excluding steroid dienone is 3. The van der Waals surface area contributed by atoms with Crippen LogP contribution >= 0.6 is 8.96 Å².